The summed E-state index contributed by atoms with van der Waals surface area (Å²) in [5.41, 5.74) is 7.25. The van der Waals surface area contributed by atoms with E-state index in [1.54, 1.807) is 6.21 Å². The Kier molecular flexibility index (Phi) is 6.47. The third-order valence-electron chi connectivity index (χ3n) is 3.96. The summed E-state index contributed by atoms with van der Waals surface area (Å²) in [5, 5.41) is 4.27. The molecule has 0 amide bonds. The fourth-order valence-corrected chi connectivity index (χ4v) is 2.53. The molecule has 0 saturated heterocycles. The normalized spacial score (nSPS) is 10.7. The molecule has 0 aliphatic rings. The molecule has 0 aliphatic carbocycles. The highest BCUT2D eigenvalue weighted by atomic mass is 16.5. The molecule has 0 heterocycles. The van der Waals surface area contributed by atoms with E-state index in [2.05, 4.69) is 41.7 Å². The van der Waals surface area contributed by atoms with Crippen LogP contribution in [0.15, 0.2) is 77.9 Å². The van der Waals surface area contributed by atoms with Gasteiger partial charge in [0.1, 0.15) is 6.61 Å². The largest absolute Gasteiger partial charge is 0.490 e. The highest BCUT2D eigenvalue weighted by Gasteiger charge is 2.06. The van der Waals surface area contributed by atoms with Crippen molar-refractivity contribution in [2.24, 2.45) is 5.10 Å². The van der Waals surface area contributed by atoms with Crippen LogP contribution in [0.5, 0.6) is 11.5 Å². The summed E-state index contributed by atoms with van der Waals surface area (Å²) < 4.78 is 11.7. The number of hydrazone groups is 1. The predicted molar refractivity (Wildman–Crippen MR) is 111 cm³/mol. The van der Waals surface area contributed by atoms with Crippen molar-refractivity contribution in [3.8, 4) is 11.5 Å². The summed E-state index contributed by atoms with van der Waals surface area (Å²) in [7, 11) is 0. The number of aryl methyl sites for hydroxylation is 1. The Morgan fingerprint density at radius 1 is 0.889 bits per heavy atom. The van der Waals surface area contributed by atoms with Gasteiger partial charge in [-0.2, -0.15) is 5.10 Å². The minimum absolute atomic E-state index is 0.503. The molecule has 4 nitrogen and oxygen atoms in total. The fourth-order valence-electron chi connectivity index (χ4n) is 2.53. The summed E-state index contributed by atoms with van der Waals surface area (Å²) in [6.07, 6.45) is 1.76. The van der Waals surface area contributed by atoms with Crippen molar-refractivity contribution in [2.45, 2.75) is 20.5 Å². The summed E-state index contributed by atoms with van der Waals surface area (Å²) in [4.78, 5) is 0. The van der Waals surface area contributed by atoms with Crippen molar-refractivity contribution < 1.29 is 9.47 Å². The number of ether oxygens (including phenoxy) is 2. The van der Waals surface area contributed by atoms with E-state index in [-0.39, 0.29) is 0 Å². The minimum Gasteiger partial charge on any atom is -0.490 e. The highest BCUT2D eigenvalue weighted by Crippen LogP contribution is 2.29. The van der Waals surface area contributed by atoms with E-state index >= 15 is 0 Å². The van der Waals surface area contributed by atoms with E-state index < -0.39 is 0 Å². The molecule has 1 N–H and O–H groups in total. The number of hydrogen-bond acceptors (Lipinski definition) is 4. The van der Waals surface area contributed by atoms with E-state index in [1.165, 1.54) is 5.56 Å². The molecule has 0 unspecified atom stereocenters. The molecular weight excluding hydrogens is 336 g/mol. The molecule has 138 valence electrons. The number of anilines is 1. The van der Waals surface area contributed by atoms with Gasteiger partial charge in [-0.3, -0.25) is 5.43 Å². The second kappa shape index (κ2) is 9.43. The average Bonchev–Trinajstić information content (AvgIpc) is 2.70. The van der Waals surface area contributed by atoms with Crippen molar-refractivity contribution >= 4 is 11.9 Å². The van der Waals surface area contributed by atoms with Crippen LogP contribution in [0.2, 0.25) is 0 Å². The number of para-hydroxylation sites is 1. The van der Waals surface area contributed by atoms with Gasteiger partial charge >= 0.3 is 0 Å². The van der Waals surface area contributed by atoms with Gasteiger partial charge in [-0.1, -0.05) is 48.0 Å². The second-order valence-corrected chi connectivity index (χ2v) is 6.15. The number of nitrogens with one attached hydrogen (secondary N) is 1. The number of nitrogens with zero attached hydrogens (tertiary/aromatic N) is 1. The molecule has 0 saturated carbocycles. The molecule has 0 bridgehead atoms. The van der Waals surface area contributed by atoms with Crippen LogP contribution in [0.3, 0.4) is 0 Å². The molecular formula is C23H24N2O2. The van der Waals surface area contributed by atoms with Crippen molar-refractivity contribution in [2.75, 3.05) is 12.0 Å². The van der Waals surface area contributed by atoms with E-state index in [1.807, 2.05) is 55.5 Å². The first-order valence-electron chi connectivity index (χ1n) is 9.04. The fraction of sp³-hybridized carbons (Fsp3) is 0.174. The second-order valence-electron chi connectivity index (χ2n) is 6.15. The molecule has 0 aliphatic heterocycles. The molecule has 0 spiro atoms. The lowest BCUT2D eigenvalue weighted by Crippen LogP contribution is -2.00. The Bertz CT molecular complexity index is 875. The van der Waals surface area contributed by atoms with Crippen LogP contribution in [0.4, 0.5) is 5.69 Å². The van der Waals surface area contributed by atoms with Crippen molar-refractivity contribution in [3.05, 3.63) is 89.5 Å². The molecule has 27 heavy (non-hydrogen) atoms. The lowest BCUT2D eigenvalue weighted by Gasteiger charge is -2.13. The van der Waals surface area contributed by atoms with Gasteiger partial charge in [0.2, 0.25) is 0 Å². The van der Waals surface area contributed by atoms with Crippen LogP contribution in [-0.2, 0) is 6.61 Å². The molecule has 4 heteroatoms. The van der Waals surface area contributed by atoms with Gasteiger partial charge in [0.15, 0.2) is 11.5 Å². The van der Waals surface area contributed by atoms with Crippen LogP contribution in [0.25, 0.3) is 0 Å². The van der Waals surface area contributed by atoms with Gasteiger partial charge in [-0.05, 0) is 55.3 Å². The van der Waals surface area contributed by atoms with Crippen LogP contribution < -0.4 is 14.9 Å². The maximum absolute atomic E-state index is 5.96. The van der Waals surface area contributed by atoms with Crippen molar-refractivity contribution in [3.63, 3.8) is 0 Å². The lowest BCUT2D eigenvalue weighted by molar-refractivity contribution is 0.269. The zero-order valence-corrected chi connectivity index (χ0v) is 15.7. The maximum atomic E-state index is 5.96. The Hall–Kier alpha value is -3.27. The van der Waals surface area contributed by atoms with Gasteiger partial charge in [0, 0.05) is 0 Å². The Balaban J connectivity index is 1.67. The van der Waals surface area contributed by atoms with Crippen molar-refractivity contribution in [1.82, 2.24) is 0 Å². The number of hydrogen-bond donors (Lipinski definition) is 1. The highest BCUT2D eigenvalue weighted by molar-refractivity contribution is 5.81. The lowest BCUT2D eigenvalue weighted by atomic mass is 10.2. The average molecular weight is 360 g/mol. The molecule has 0 aromatic heterocycles. The first-order chi connectivity index (χ1) is 13.2. The minimum atomic E-state index is 0.503. The molecule has 3 aromatic rings. The van der Waals surface area contributed by atoms with E-state index in [0.29, 0.717) is 19.0 Å². The van der Waals surface area contributed by atoms with Gasteiger partial charge in [-0.15, -0.1) is 0 Å². The summed E-state index contributed by atoms with van der Waals surface area (Å²) in [6, 6.07) is 24.0. The van der Waals surface area contributed by atoms with E-state index in [4.69, 9.17) is 9.47 Å². The third-order valence-corrected chi connectivity index (χ3v) is 3.96. The maximum Gasteiger partial charge on any atom is 0.161 e. The molecule has 3 rings (SSSR count). The zero-order chi connectivity index (χ0) is 18.9. The van der Waals surface area contributed by atoms with Crippen LogP contribution >= 0.6 is 0 Å². The number of rotatable bonds is 8. The molecule has 3 aromatic carbocycles. The predicted octanol–water partition coefficient (Wildman–Crippen LogP) is 5.42. The quantitative estimate of drug-likeness (QED) is 0.431. The molecule has 0 fully saturated rings. The topological polar surface area (TPSA) is 42.8 Å². The summed E-state index contributed by atoms with van der Waals surface area (Å²) in [5.74, 6) is 1.44. The SMILES string of the molecule is CCOc1cc(C=NNc2ccccc2)ccc1OCc1ccc(C)cc1. The van der Waals surface area contributed by atoms with Crippen molar-refractivity contribution in [1.29, 1.82) is 0 Å². The van der Waals surface area contributed by atoms with Gasteiger partial charge in [-0.25, -0.2) is 0 Å². The van der Waals surface area contributed by atoms with E-state index in [9.17, 15) is 0 Å². The zero-order valence-electron chi connectivity index (χ0n) is 15.7. The molecule has 0 atom stereocenters. The van der Waals surface area contributed by atoms with Gasteiger partial charge in [0.25, 0.3) is 0 Å². The van der Waals surface area contributed by atoms with Crippen LogP contribution in [0, 0.1) is 6.92 Å². The van der Waals surface area contributed by atoms with E-state index in [0.717, 1.165) is 22.6 Å². The van der Waals surface area contributed by atoms with Gasteiger partial charge < -0.3 is 9.47 Å². The summed E-state index contributed by atoms with van der Waals surface area (Å²) >= 11 is 0. The Morgan fingerprint density at radius 3 is 2.41 bits per heavy atom. The monoisotopic (exact) mass is 360 g/mol. The number of benzene rings is 3. The van der Waals surface area contributed by atoms with Crippen LogP contribution in [-0.4, -0.2) is 12.8 Å². The molecule has 0 radical (unpaired) electrons. The Morgan fingerprint density at radius 2 is 1.67 bits per heavy atom. The first kappa shape index (κ1) is 18.5. The first-order valence-corrected chi connectivity index (χ1v) is 9.04. The standard InChI is InChI=1S/C23H24N2O2/c1-3-26-23-15-20(16-24-25-21-7-5-4-6-8-21)13-14-22(23)27-17-19-11-9-18(2)10-12-19/h4-16,25H,3,17H2,1-2H3. The summed E-state index contributed by atoms with van der Waals surface area (Å²) in [6.45, 7) is 5.11. The third kappa shape index (κ3) is 5.61. The smallest absolute Gasteiger partial charge is 0.161 e. The van der Waals surface area contributed by atoms with Crippen LogP contribution in [0.1, 0.15) is 23.6 Å². The Labute approximate surface area is 160 Å². The van der Waals surface area contributed by atoms with Gasteiger partial charge in [0.05, 0.1) is 18.5 Å².